The minimum Gasteiger partial charge on any atom is -0.478 e. The molecule has 1 aliphatic carbocycles. The second kappa shape index (κ2) is 18.2. The molecule has 65 heavy (non-hydrogen) atoms. The van der Waals surface area contributed by atoms with Gasteiger partial charge in [-0.1, -0.05) is 17.9 Å². The van der Waals surface area contributed by atoms with Crippen LogP contribution in [-0.4, -0.2) is 110 Å². The minimum absolute atomic E-state index is 0.0232. The van der Waals surface area contributed by atoms with Crippen LogP contribution in [0.2, 0.25) is 0 Å². The molecule has 5 atom stereocenters. The van der Waals surface area contributed by atoms with Crippen molar-refractivity contribution in [3.05, 3.63) is 89.2 Å². The first-order valence-corrected chi connectivity index (χ1v) is 23.6. The lowest BCUT2D eigenvalue weighted by Gasteiger charge is -2.19. The number of ether oxygens (including phenoxy) is 1. The van der Waals surface area contributed by atoms with E-state index in [9.17, 15) is 43.3 Å². The Hall–Kier alpha value is -5.82. The number of aliphatic hydroxyl groups is 1. The maximum absolute atomic E-state index is 13.5. The topological polar surface area (TPSA) is 332 Å². The third-order valence-electron chi connectivity index (χ3n) is 10.0. The number of nitrogens with two attached hydrogens (primary N) is 1. The van der Waals surface area contributed by atoms with Crippen LogP contribution in [0.5, 0.6) is 0 Å². The first-order valence-electron chi connectivity index (χ1n) is 19.1. The van der Waals surface area contributed by atoms with E-state index < -0.39 is 60.4 Å². The highest BCUT2D eigenvalue weighted by Gasteiger charge is 2.43. The van der Waals surface area contributed by atoms with Crippen molar-refractivity contribution in [3.63, 3.8) is 0 Å². The Morgan fingerprint density at radius 1 is 1.00 bits per heavy atom. The van der Waals surface area contributed by atoms with Gasteiger partial charge in [-0.15, -0.1) is 0 Å². The molecule has 2 aromatic heterocycles. The minimum atomic E-state index is -5.77. The van der Waals surface area contributed by atoms with Gasteiger partial charge in [0.1, 0.15) is 55.6 Å². The summed E-state index contributed by atoms with van der Waals surface area (Å²) in [5.74, 6) is 4.41. The molecule has 1 saturated heterocycles. The van der Waals surface area contributed by atoms with Gasteiger partial charge in [0, 0.05) is 66.6 Å². The molecule has 0 bridgehead atoms. The molecule has 0 saturated carbocycles. The summed E-state index contributed by atoms with van der Waals surface area (Å²) in [7, 11) is -9.28. The summed E-state index contributed by atoms with van der Waals surface area (Å²) in [4.78, 5) is 73.2. The quantitative estimate of drug-likeness (QED) is 0.0357. The van der Waals surface area contributed by atoms with E-state index in [1.165, 1.54) is 29.2 Å². The average molecular weight is 957 g/mol. The number of nitrogens with zero attached hydrogens (tertiary/aromatic N) is 5. The Morgan fingerprint density at radius 2 is 1.74 bits per heavy atom. The molecule has 1 fully saturated rings. The predicted molar refractivity (Wildman–Crippen MR) is 232 cm³/mol. The SMILES string of the molecule is CN(C)c1ccc2c(-c3ccc(C(=O)NCC#Cc4cn([C@H]5C[C@H](O)[C@@H](COP(=O)(O)OP(=O)(O)OP(=O)(O)O)O5)c5ncnc(N)c45)cc3C(=O)O)c3ccc(=[N+](C)C)cc-3oc2c1. The summed E-state index contributed by atoms with van der Waals surface area (Å²) in [6.07, 6.45) is -1.18. The Balaban J connectivity index is 1.10. The van der Waals surface area contributed by atoms with E-state index in [2.05, 4.69) is 40.3 Å². The maximum atomic E-state index is 13.5. The van der Waals surface area contributed by atoms with Gasteiger partial charge in [0.2, 0.25) is 5.36 Å². The highest BCUT2D eigenvalue weighted by molar-refractivity contribution is 7.66. The standard InChI is InChI=1S/C39H40N7O16P3/c1-44(2)23-8-11-26-30(15-23)59-31-16-24(45(3)4)9-12-27(31)35(26)25-10-7-21(14-28(25)39(49)50)38(48)41-13-5-6-22-18-46(37-34(22)36(40)42-20-43-37)33-17-29(47)32(60-33)19-58-64(54,55)62-65(56,57)61-63(51,52)53/h7-12,14-16,18,20,29,32-33,47H,13,17,19H2,1-4H3,(H7-,40,41,42,43,48,49,50,51,52,53,54,55,56,57)/p+1/t29-,32+,33+/m0/s1. The first-order chi connectivity index (χ1) is 30.5. The Morgan fingerprint density at radius 3 is 2.43 bits per heavy atom. The molecule has 4 aromatic rings. The number of anilines is 2. The molecule has 0 spiro atoms. The van der Waals surface area contributed by atoms with Gasteiger partial charge in [-0.25, -0.2) is 33.0 Å². The normalized spacial score (nSPS) is 18.2. The first kappa shape index (κ1) is 47.2. The van der Waals surface area contributed by atoms with Gasteiger partial charge in [0.15, 0.2) is 0 Å². The lowest BCUT2D eigenvalue weighted by molar-refractivity contribution is -0.0421. The van der Waals surface area contributed by atoms with Crippen molar-refractivity contribution in [1.29, 1.82) is 0 Å². The molecule has 342 valence electrons. The second-order valence-corrected chi connectivity index (χ2v) is 19.3. The molecule has 7 rings (SSSR count). The van der Waals surface area contributed by atoms with Gasteiger partial charge >= 0.3 is 29.4 Å². The summed E-state index contributed by atoms with van der Waals surface area (Å²) in [5.41, 5.74) is 9.68. The largest absolute Gasteiger partial charge is 0.490 e. The predicted octanol–water partition coefficient (Wildman–Crippen LogP) is 3.10. The van der Waals surface area contributed by atoms with Gasteiger partial charge in [0.25, 0.3) is 5.91 Å². The second-order valence-electron chi connectivity index (χ2n) is 14.9. The number of carboxylic acids is 1. The maximum Gasteiger partial charge on any atom is 0.490 e. The number of aliphatic hydroxyl groups excluding tert-OH is 1. The number of amides is 1. The molecule has 2 unspecified atom stereocenters. The number of rotatable bonds is 13. The Labute approximate surface area is 368 Å². The summed E-state index contributed by atoms with van der Waals surface area (Å²) in [5, 5.41) is 25.7. The zero-order valence-electron chi connectivity index (χ0n) is 34.6. The van der Waals surface area contributed by atoms with Crippen LogP contribution in [0.4, 0.5) is 11.5 Å². The van der Waals surface area contributed by atoms with Crippen LogP contribution in [0.25, 0.3) is 44.5 Å². The van der Waals surface area contributed by atoms with E-state index in [0.717, 1.165) is 11.0 Å². The van der Waals surface area contributed by atoms with Crippen LogP contribution in [-0.2, 0) is 31.6 Å². The number of phosphoric acid groups is 3. The zero-order valence-corrected chi connectivity index (χ0v) is 37.3. The van der Waals surface area contributed by atoms with Crippen molar-refractivity contribution in [1.82, 2.24) is 24.4 Å². The van der Waals surface area contributed by atoms with Crippen LogP contribution >= 0.6 is 23.5 Å². The fraction of sp³-hybridized carbons (Fsp3) is 0.256. The summed E-state index contributed by atoms with van der Waals surface area (Å²) in [6.45, 7) is -1.10. The Kier molecular flexibility index (Phi) is 13.2. The highest BCUT2D eigenvalue weighted by atomic mass is 31.3. The van der Waals surface area contributed by atoms with E-state index >= 15 is 0 Å². The Bertz CT molecular complexity index is 3130. The van der Waals surface area contributed by atoms with Crippen LogP contribution < -0.4 is 25.9 Å². The van der Waals surface area contributed by atoms with Crippen molar-refractivity contribution >= 4 is 68.9 Å². The van der Waals surface area contributed by atoms with Crippen LogP contribution in [0.3, 0.4) is 0 Å². The molecule has 2 aromatic carbocycles. The van der Waals surface area contributed by atoms with Crippen molar-refractivity contribution < 1.29 is 75.4 Å². The molecule has 1 amide bonds. The van der Waals surface area contributed by atoms with Gasteiger partial charge in [-0.3, -0.25) is 9.32 Å². The van der Waals surface area contributed by atoms with E-state index in [-0.39, 0.29) is 46.5 Å². The number of carbonyl (C=O) groups excluding carboxylic acids is 1. The molecule has 4 heterocycles. The number of hydrogen-bond acceptors (Lipinski definition) is 15. The van der Waals surface area contributed by atoms with Gasteiger partial charge in [-0.2, -0.15) is 8.62 Å². The summed E-state index contributed by atoms with van der Waals surface area (Å²) >= 11 is 0. The lowest BCUT2D eigenvalue weighted by Crippen LogP contribution is -2.26. The molecular formula is C39H41N7O16P3+. The van der Waals surface area contributed by atoms with E-state index in [1.54, 1.807) is 6.07 Å². The van der Waals surface area contributed by atoms with E-state index in [1.807, 2.05) is 74.1 Å². The number of fused-ring (bicyclic) bond motifs is 3. The van der Waals surface area contributed by atoms with Crippen molar-refractivity contribution in [2.45, 2.75) is 24.9 Å². The number of aromatic nitrogens is 3. The number of aromatic carboxylic acids is 1. The number of nitrogens with one attached hydrogen (secondary N) is 1. The van der Waals surface area contributed by atoms with Gasteiger partial charge in [0.05, 0.1) is 41.8 Å². The summed E-state index contributed by atoms with van der Waals surface area (Å²) < 4.78 is 62.4. The smallest absolute Gasteiger partial charge is 0.478 e. The third kappa shape index (κ3) is 10.5. The molecule has 2 aliphatic heterocycles. The van der Waals surface area contributed by atoms with E-state index in [4.69, 9.17) is 24.7 Å². The molecule has 23 nitrogen and oxygen atoms in total. The van der Waals surface area contributed by atoms with Crippen molar-refractivity contribution in [3.8, 4) is 34.3 Å². The number of phosphoric ester groups is 1. The monoisotopic (exact) mass is 956 g/mol. The van der Waals surface area contributed by atoms with Crippen molar-refractivity contribution in [2.24, 2.45) is 0 Å². The van der Waals surface area contributed by atoms with Crippen molar-refractivity contribution in [2.75, 3.05) is 52.0 Å². The molecule has 26 heteroatoms. The van der Waals surface area contributed by atoms with Crippen LogP contribution in [0, 0.1) is 11.8 Å². The molecule has 9 N–H and O–H groups in total. The average Bonchev–Trinajstić information content (AvgIpc) is 3.78. The fourth-order valence-electron chi connectivity index (χ4n) is 7.09. The number of nitrogen functional groups attached to an aromatic ring is 1. The molecule has 0 radical (unpaired) electrons. The van der Waals surface area contributed by atoms with E-state index in [0.29, 0.717) is 33.4 Å². The number of hydrogen-bond donors (Lipinski definition) is 8. The third-order valence-corrected chi connectivity index (χ3v) is 13.8. The van der Waals surface area contributed by atoms with Gasteiger partial charge < -0.3 is 59.5 Å². The number of benzene rings is 3. The van der Waals surface area contributed by atoms with Crippen LogP contribution in [0.15, 0.2) is 71.5 Å². The fourth-order valence-corrected chi connectivity index (χ4v) is 10.1. The zero-order chi connectivity index (χ0) is 47.2. The van der Waals surface area contributed by atoms with Crippen LogP contribution in [0.1, 0.15) is 38.9 Å². The summed E-state index contributed by atoms with van der Waals surface area (Å²) in [6, 6.07) is 15.7. The number of carboxylic acid groups (broad SMARTS) is 1. The van der Waals surface area contributed by atoms with Gasteiger partial charge in [-0.05, 0) is 35.9 Å². The number of carbonyl (C=O) groups is 2. The molecule has 3 aliphatic rings. The molecular weight excluding hydrogens is 915 g/mol. The highest BCUT2D eigenvalue weighted by Crippen LogP contribution is 2.66. The lowest BCUT2D eigenvalue weighted by atomic mass is 9.89.